The minimum Gasteiger partial charge on any atom is -0.204 e. The predicted molar refractivity (Wildman–Crippen MR) is 59.4 cm³/mol. The summed E-state index contributed by atoms with van der Waals surface area (Å²) >= 11 is 10.3. The molecule has 0 bridgehead atoms. The van der Waals surface area contributed by atoms with E-state index in [1.54, 1.807) is 0 Å². The van der Waals surface area contributed by atoms with Crippen molar-refractivity contribution in [2.45, 2.75) is 5.33 Å². The van der Waals surface area contributed by atoms with Gasteiger partial charge in [-0.25, -0.2) is 4.39 Å². The zero-order valence-corrected chi connectivity index (χ0v) is 9.64. The molecule has 1 aromatic carbocycles. The highest BCUT2D eigenvalue weighted by atomic mass is 79.9. The number of hydrogen-bond acceptors (Lipinski definition) is 1. The topological polar surface area (TPSA) is 0 Å². The molecule has 0 aliphatic rings. The van der Waals surface area contributed by atoms with Gasteiger partial charge < -0.3 is 0 Å². The number of rotatable bonds is 1. The van der Waals surface area contributed by atoms with Crippen LogP contribution >= 0.6 is 38.9 Å². The molecule has 2 aromatic rings. The fourth-order valence-corrected chi connectivity index (χ4v) is 2.93. The summed E-state index contributed by atoms with van der Waals surface area (Å²) in [6.45, 7) is 0. The average molecular weight is 280 g/mol. The van der Waals surface area contributed by atoms with Gasteiger partial charge in [-0.05, 0) is 11.6 Å². The van der Waals surface area contributed by atoms with Gasteiger partial charge in [0.1, 0.15) is 4.34 Å². The van der Waals surface area contributed by atoms with Crippen LogP contribution in [0.5, 0.6) is 0 Å². The third-order valence-corrected chi connectivity index (χ3v) is 3.77. The summed E-state index contributed by atoms with van der Waals surface area (Å²) in [6.07, 6.45) is 0. The lowest BCUT2D eigenvalue weighted by Gasteiger charge is -1.96. The maximum Gasteiger partial charge on any atom is 0.160 e. The maximum atomic E-state index is 13.5. The van der Waals surface area contributed by atoms with Crippen LogP contribution in [0, 0.1) is 5.82 Å². The van der Waals surface area contributed by atoms with Crippen LogP contribution in [-0.4, -0.2) is 0 Å². The second-order valence-electron chi connectivity index (χ2n) is 2.61. The van der Waals surface area contributed by atoms with Gasteiger partial charge >= 0.3 is 0 Å². The lowest BCUT2D eigenvalue weighted by atomic mass is 10.1. The lowest BCUT2D eigenvalue weighted by molar-refractivity contribution is 0.644. The Labute approximate surface area is 92.5 Å². The molecule has 0 unspecified atom stereocenters. The Morgan fingerprint density at radius 2 is 2.23 bits per heavy atom. The van der Waals surface area contributed by atoms with E-state index in [-0.39, 0.29) is 10.2 Å². The Bertz CT molecular complexity index is 452. The molecule has 68 valence electrons. The molecule has 0 spiro atoms. The van der Waals surface area contributed by atoms with Crippen LogP contribution in [-0.2, 0) is 5.33 Å². The smallest absolute Gasteiger partial charge is 0.160 e. The Hall–Kier alpha value is -0.120. The van der Waals surface area contributed by atoms with Gasteiger partial charge in [0.2, 0.25) is 0 Å². The van der Waals surface area contributed by atoms with E-state index in [9.17, 15) is 4.39 Å². The molecule has 1 aromatic heterocycles. The zero-order chi connectivity index (χ0) is 9.42. The first-order chi connectivity index (χ1) is 6.24. The van der Waals surface area contributed by atoms with E-state index in [1.807, 2.05) is 18.2 Å². The van der Waals surface area contributed by atoms with Crippen LogP contribution in [0.25, 0.3) is 10.1 Å². The van der Waals surface area contributed by atoms with Crippen LogP contribution in [0.1, 0.15) is 5.56 Å². The summed E-state index contributed by atoms with van der Waals surface area (Å²) in [7, 11) is 0. The molecule has 0 fully saturated rings. The van der Waals surface area contributed by atoms with Crippen molar-refractivity contribution < 1.29 is 4.39 Å². The Morgan fingerprint density at radius 1 is 1.46 bits per heavy atom. The molecular formula is C9H5BrClFS. The van der Waals surface area contributed by atoms with Crippen molar-refractivity contribution in [2.75, 3.05) is 0 Å². The van der Waals surface area contributed by atoms with Crippen molar-refractivity contribution in [3.8, 4) is 0 Å². The van der Waals surface area contributed by atoms with E-state index in [2.05, 4.69) is 15.9 Å². The molecule has 4 heteroatoms. The molecule has 2 rings (SSSR count). The van der Waals surface area contributed by atoms with Crippen LogP contribution in [0.15, 0.2) is 18.2 Å². The Kier molecular flexibility index (Phi) is 2.58. The predicted octanol–water partition coefficient (Wildman–Crippen LogP) is 4.59. The number of fused-ring (bicyclic) bond motifs is 1. The van der Waals surface area contributed by atoms with Gasteiger partial charge in [-0.15, -0.1) is 11.3 Å². The third kappa shape index (κ3) is 1.49. The van der Waals surface area contributed by atoms with Crippen LogP contribution in [0.2, 0.25) is 4.34 Å². The second kappa shape index (κ2) is 3.56. The van der Waals surface area contributed by atoms with Crippen LogP contribution in [0.3, 0.4) is 0 Å². The third-order valence-electron chi connectivity index (χ3n) is 1.85. The van der Waals surface area contributed by atoms with Crippen molar-refractivity contribution in [3.63, 3.8) is 0 Å². The first-order valence-electron chi connectivity index (χ1n) is 3.65. The lowest BCUT2D eigenvalue weighted by Crippen LogP contribution is -1.80. The fourth-order valence-electron chi connectivity index (χ4n) is 1.26. The first-order valence-corrected chi connectivity index (χ1v) is 5.97. The summed E-state index contributed by atoms with van der Waals surface area (Å²) in [4.78, 5) is 0. The zero-order valence-electron chi connectivity index (χ0n) is 6.48. The molecule has 1 heterocycles. The highest BCUT2D eigenvalue weighted by Crippen LogP contribution is 2.36. The average Bonchev–Trinajstić information content (AvgIpc) is 2.43. The molecule has 0 aliphatic carbocycles. The first kappa shape index (κ1) is 9.44. The minimum atomic E-state index is -0.295. The highest BCUT2D eigenvalue weighted by molar-refractivity contribution is 9.08. The van der Waals surface area contributed by atoms with E-state index in [0.29, 0.717) is 10.7 Å². The fraction of sp³-hybridized carbons (Fsp3) is 0.111. The van der Waals surface area contributed by atoms with Crippen molar-refractivity contribution in [1.82, 2.24) is 0 Å². The number of benzene rings is 1. The molecular weight excluding hydrogens is 275 g/mol. The molecule has 0 atom stereocenters. The van der Waals surface area contributed by atoms with E-state index in [1.165, 1.54) is 11.3 Å². The summed E-state index contributed by atoms with van der Waals surface area (Å²) in [6, 6.07) is 5.68. The van der Waals surface area contributed by atoms with Crippen molar-refractivity contribution >= 4 is 49.0 Å². The number of thiophene rings is 1. The number of hydrogen-bond donors (Lipinski definition) is 0. The number of halogens is 3. The molecule has 13 heavy (non-hydrogen) atoms. The minimum absolute atomic E-state index is 0.239. The van der Waals surface area contributed by atoms with Crippen LogP contribution in [0.4, 0.5) is 4.39 Å². The molecule has 0 saturated carbocycles. The van der Waals surface area contributed by atoms with Gasteiger partial charge in [0.05, 0.1) is 0 Å². The molecule has 0 N–H and O–H groups in total. The molecule has 0 amide bonds. The van der Waals surface area contributed by atoms with E-state index in [0.717, 1.165) is 10.3 Å². The van der Waals surface area contributed by atoms with Gasteiger partial charge in [-0.3, -0.25) is 0 Å². The molecule has 0 aliphatic heterocycles. The monoisotopic (exact) mass is 278 g/mol. The van der Waals surface area contributed by atoms with Gasteiger partial charge in [-0.2, -0.15) is 0 Å². The summed E-state index contributed by atoms with van der Waals surface area (Å²) < 4.78 is 14.6. The van der Waals surface area contributed by atoms with Gasteiger partial charge in [-0.1, -0.05) is 39.7 Å². The molecule has 0 saturated heterocycles. The molecule has 0 radical (unpaired) electrons. The normalized spacial score (nSPS) is 11.0. The maximum absolute atomic E-state index is 13.5. The van der Waals surface area contributed by atoms with E-state index in [4.69, 9.17) is 11.6 Å². The van der Waals surface area contributed by atoms with Crippen molar-refractivity contribution in [1.29, 1.82) is 0 Å². The highest BCUT2D eigenvalue weighted by Gasteiger charge is 2.12. The summed E-state index contributed by atoms with van der Waals surface area (Å²) in [5.74, 6) is -0.295. The number of alkyl halides is 1. The second-order valence-corrected chi connectivity index (χ2v) is 4.83. The van der Waals surface area contributed by atoms with Crippen molar-refractivity contribution in [3.05, 3.63) is 33.9 Å². The van der Waals surface area contributed by atoms with Gasteiger partial charge in [0, 0.05) is 15.4 Å². The van der Waals surface area contributed by atoms with E-state index < -0.39 is 0 Å². The summed E-state index contributed by atoms with van der Waals surface area (Å²) in [5, 5.41) is 1.29. The summed E-state index contributed by atoms with van der Waals surface area (Å²) in [5.41, 5.74) is 0.943. The van der Waals surface area contributed by atoms with Crippen LogP contribution < -0.4 is 0 Å². The molecule has 0 nitrogen and oxygen atoms in total. The van der Waals surface area contributed by atoms with Gasteiger partial charge in [0.15, 0.2) is 5.82 Å². The van der Waals surface area contributed by atoms with Gasteiger partial charge in [0.25, 0.3) is 0 Å². The largest absolute Gasteiger partial charge is 0.204 e. The standard InChI is InChI=1S/C9H5BrClFS/c10-4-5-2-1-3-6-7(5)8(12)9(11)13-6/h1-3H,4H2. The Morgan fingerprint density at radius 3 is 2.92 bits per heavy atom. The SMILES string of the molecule is Fc1c(Cl)sc2cccc(CBr)c12. The quantitative estimate of drug-likeness (QED) is 0.670. The van der Waals surface area contributed by atoms with E-state index >= 15 is 0 Å². The Balaban J connectivity index is 2.87. The van der Waals surface area contributed by atoms with Crippen molar-refractivity contribution in [2.24, 2.45) is 0 Å².